The van der Waals surface area contributed by atoms with Crippen LogP contribution in [0.25, 0.3) is 10.8 Å². The summed E-state index contributed by atoms with van der Waals surface area (Å²) in [6.45, 7) is 11.1. The monoisotopic (exact) mass is 719 g/mol. The molecule has 0 saturated heterocycles. The number of ether oxygens (including phenoxy) is 4. The Labute approximate surface area is 319 Å². The first-order chi connectivity index (χ1) is 23.4. The van der Waals surface area contributed by atoms with Crippen molar-refractivity contribution in [2.75, 3.05) is 19.5 Å². The summed E-state index contributed by atoms with van der Waals surface area (Å²) in [6.07, 6.45) is 4.30. The first-order valence-electron chi connectivity index (χ1n) is 16.3. The van der Waals surface area contributed by atoms with E-state index >= 15 is 0 Å². The summed E-state index contributed by atoms with van der Waals surface area (Å²) in [5.74, 6) is -9.54. The Balaban J connectivity index is 0.00000702. The Hall–Kier alpha value is -3.59. The number of carbonyl (C=O) groups is 3. The minimum absolute atomic E-state index is 0. The number of hydrogen-bond donors (Lipinski definition) is 5. The molecule has 2 aromatic rings. The Morgan fingerprint density at radius 3 is 2.22 bits per heavy atom. The molecule has 272 valence electrons. The number of allylic oxidation sites excluding steroid dienone is 2. The number of esters is 1. The van der Waals surface area contributed by atoms with Gasteiger partial charge in [-0.25, -0.2) is 0 Å². The number of aliphatic hydroxyl groups excluding tert-OH is 2. The molecule has 5 N–H and O–H groups in total. The summed E-state index contributed by atoms with van der Waals surface area (Å²) in [4.78, 5) is 40.1. The molecule has 0 unspecified atom stereocenters. The van der Waals surface area contributed by atoms with E-state index in [1.807, 2.05) is 0 Å². The van der Waals surface area contributed by atoms with Crippen LogP contribution in [0.3, 0.4) is 0 Å². The number of amides is 1. The van der Waals surface area contributed by atoms with E-state index in [4.69, 9.17) is 18.9 Å². The van der Waals surface area contributed by atoms with Crippen LogP contribution in [0.15, 0.2) is 42.2 Å². The molecule has 3 aliphatic rings. The van der Waals surface area contributed by atoms with Gasteiger partial charge in [0.1, 0.15) is 11.5 Å². The number of anilines is 1. The minimum atomic E-state index is -2.02. The maximum atomic E-state index is 13.9. The van der Waals surface area contributed by atoms with Gasteiger partial charge in [0.05, 0.1) is 54.2 Å². The smallest absolute Gasteiger partial charge is 0.872 e. The first-order valence-corrected chi connectivity index (χ1v) is 16.3. The number of fused-ring (bicyclic) bond motifs is 14. The molecule has 0 spiro atoms. The molecule has 0 fully saturated rings. The summed E-state index contributed by atoms with van der Waals surface area (Å²) < 4.78 is 22.5. The molecule has 0 aromatic heterocycles. The molecule has 14 heteroatoms. The number of phenols is 2. The normalized spacial score (nSPS) is 30.3. The van der Waals surface area contributed by atoms with Crippen molar-refractivity contribution in [2.45, 2.75) is 72.6 Å². The fourth-order valence-corrected chi connectivity index (χ4v) is 6.83. The predicted octanol–water partition coefficient (Wildman–Crippen LogP) is 0.984. The summed E-state index contributed by atoms with van der Waals surface area (Å²) in [7, 11) is 2.65. The van der Waals surface area contributed by atoms with E-state index in [-0.39, 0.29) is 68.5 Å². The van der Waals surface area contributed by atoms with Crippen LogP contribution in [-0.2, 0) is 23.8 Å². The molecule has 1 amide bonds. The van der Waals surface area contributed by atoms with E-state index in [9.17, 15) is 39.9 Å². The van der Waals surface area contributed by atoms with Crippen molar-refractivity contribution in [3.8, 4) is 23.0 Å². The van der Waals surface area contributed by atoms with Crippen LogP contribution < -0.4 is 44.7 Å². The van der Waals surface area contributed by atoms with Gasteiger partial charge in [-0.05, 0) is 43.2 Å². The first kappa shape index (κ1) is 41.8. The van der Waals surface area contributed by atoms with Crippen LogP contribution in [-0.4, -0.2) is 76.4 Å². The van der Waals surface area contributed by atoms with E-state index in [0.29, 0.717) is 0 Å². The zero-order valence-electron chi connectivity index (χ0n) is 30.6. The number of phenolic OH excluding ortho intramolecular Hbond substituents is 2. The molecular formula is C37H46NNaO12. The third-order valence-electron chi connectivity index (χ3n) is 10.1. The maximum Gasteiger partial charge on any atom is 1.00 e. The second kappa shape index (κ2) is 16.4. The Morgan fingerprint density at radius 1 is 0.961 bits per heavy atom. The zero-order valence-corrected chi connectivity index (χ0v) is 32.6. The van der Waals surface area contributed by atoms with Gasteiger partial charge >= 0.3 is 41.3 Å². The number of Topliss-reactive ketones (excluding diaryl/α,β-unsaturated/α-hetero) is 1. The quantitative estimate of drug-likeness (QED) is 0.168. The number of carbonyl (C=O) groups excluding carboxylic acids is 3. The number of nitrogens with one attached hydrogen (secondary N) is 1. The van der Waals surface area contributed by atoms with Crippen LogP contribution in [0.5, 0.6) is 23.0 Å². The van der Waals surface area contributed by atoms with Gasteiger partial charge in [0.2, 0.25) is 0 Å². The molecule has 51 heavy (non-hydrogen) atoms. The Bertz CT molecular complexity index is 1770. The number of benzene rings is 2. The average molecular weight is 720 g/mol. The maximum absolute atomic E-state index is 13.9. The molecule has 2 aromatic carbocycles. The number of hydrogen-bond acceptors (Lipinski definition) is 12. The van der Waals surface area contributed by atoms with E-state index in [1.165, 1.54) is 53.4 Å². The second-order valence-electron chi connectivity index (χ2n) is 13.4. The molecule has 0 aliphatic carbocycles. The molecule has 5 bridgehead atoms. The van der Waals surface area contributed by atoms with Crippen molar-refractivity contribution >= 4 is 34.1 Å². The van der Waals surface area contributed by atoms with Gasteiger partial charge in [0, 0.05) is 37.0 Å². The number of ketones is 1. The molecule has 3 heterocycles. The van der Waals surface area contributed by atoms with E-state index in [2.05, 4.69) is 5.32 Å². The molecular weight excluding hydrogens is 673 g/mol. The fourth-order valence-electron chi connectivity index (χ4n) is 6.83. The van der Waals surface area contributed by atoms with Crippen LogP contribution in [0, 0.1) is 36.5 Å². The van der Waals surface area contributed by atoms with E-state index in [1.54, 1.807) is 39.8 Å². The number of aliphatic hydroxyl groups is 2. The topological polar surface area (TPSA) is 204 Å². The van der Waals surface area contributed by atoms with E-state index in [0.717, 1.165) is 6.07 Å². The van der Waals surface area contributed by atoms with Gasteiger partial charge in [-0.1, -0.05) is 51.7 Å². The third-order valence-corrected chi connectivity index (χ3v) is 10.1. The second-order valence-corrected chi connectivity index (χ2v) is 13.4. The van der Waals surface area contributed by atoms with Crippen LogP contribution >= 0.6 is 0 Å². The summed E-state index contributed by atoms with van der Waals surface area (Å²) in [5.41, 5.74) is -0.278. The van der Waals surface area contributed by atoms with Crippen molar-refractivity contribution in [3.05, 3.63) is 53.3 Å². The van der Waals surface area contributed by atoms with Gasteiger partial charge in [0.25, 0.3) is 11.7 Å². The molecule has 0 saturated carbocycles. The zero-order chi connectivity index (χ0) is 37.4. The summed E-state index contributed by atoms with van der Waals surface area (Å²) >= 11 is 0. The Morgan fingerprint density at radius 2 is 1.61 bits per heavy atom. The van der Waals surface area contributed by atoms with Crippen LogP contribution in [0.1, 0.15) is 57.5 Å². The van der Waals surface area contributed by atoms with Gasteiger partial charge < -0.3 is 49.8 Å². The molecule has 13 nitrogen and oxygen atoms in total. The average Bonchev–Trinajstić information content (AvgIpc) is 3.34. The largest absolute Gasteiger partial charge is 1.00 e. The number of rotatable bonds is 2. The van der Waals surface area contributed by atoms with Crippen molar-refractivity contribution in [2.24, 2.45) is 29.6 Å². The van der Waals surface area contributed by atoms with Crippen molar-refractivity contribution in [1.82, 2.24) is 0 Å². The SMILES string of the molecule is COC(=O)[C@H]1[C@H](C)[C@H](O)[C@H](C)[C@@H](O)[C@@H](C)C=CC=C(C)C(=O)Nc2cc([O-])c3c4c(c(C)c(O)c3c2O)O[C@](C)(OC=C[C@H](OC)[C@H]1C)C4=O.[Na+]. The molecule has 3 aliphatic heterocycles. The van der Waals surface area contributed by atoms with Crippen molar-refractivity contribution in [1.29, 1.82) is 0 Å². The van der Waals surface area contributed by atoms with Gasteiger partial charge in [-0.15, -0.1) is 0 Å². The van der Waals surface area contributed by atoms with Crippen LogP contribution in [0.4, 0.5) is 5.69 Å². The van der Waals surface area contributed by atoms with Crippen molar-refractivity contribution < 1.29 is 88.4 Å². The Kier molecular flexibility index (Phi) is 13.4. The third kappa shape index (κ3) is 7.79. The molecule has 9 atom stereocenters. The minimum Gasteiger partial charge on any atom is -0.872 e. The van der Waals surface area contributed by atoms with Gasteiger partial charge in [0.15, 0.2) is 5.75 Å². The van der Waals surface area contributed by atoms with E-state index < -0.39 is 88.6 Å². The predicted molar refractivity (Wildman–Crippen MR) is 182 cm³/mol. The van der Waals surface area contributed by atoms with Gasteiger partial charge in [-0.3, -0.25) is 14.4 Å². The molecule has 5 rings (SSSR count). The summed E-state index contributed by atoms with van der Waals surface area (Å²) in [6, 6.07) is 0.949. The number of methoxy groups -OCH3 is 2. The fraction of sp³-hybridized carbons (Fsp3) is 0.486. The van der Waals surface area contributed by atoms with Crippen molar-refractivity contribution in [3.63, 3.8) is 0 Å². The summed E-state index contributed by atoms with van der Waals surface area (Å²) in [5, 5.41) is 60.3. The number of aromatic hydroxyl groups is 2. The standard InChI is InChI=1S/C37H47NO12.Na/c1-16-11-10-12-17(2)35(45)38-22-15-23(39)26-27(32(22)43)31(42)21(6)33-28(26)34(44)37(7,50-33)49-14-13-24(47-8)18(3)25(36(46)48-9)19(4)30(41)20(5)29(16)40;/h10-16,18-20,24-25,29-30,39-43H,1-9H3,(H,38,45);/q;+1/p-1/t16-,18+,19-,20+,24-,25+,29-,30-,37-;/m0./s1. The van der Waals surface area contributed by atoms with Gasteiger partial charge in [-0.2, -0.15) is 0 Å². The van der Waals surface area contributed by atoms with Crippen LogP contribution in [0.2, 0.25) is 0 Å². The molecule has 0 radical (unpaired) electrons.